The summed E-state index contributed by atoms with van der Waals surface area (Å²) in [6.45, 7) is 4.57. The number of aryl methyl sites for hydroxylation is 3. The van der Waals surface area contributed by atoms with Crippen LogP contribution in [-0.2, 0) is 18.4 Å². The van der Waals surface area contributed by atoms with E-state index in [1.165, 1.54) is 7.05 Å². The summed E-state index contributed by atoms with van der Waals surface area (Å²) in [5, 5.41) is 8.73. The van der Waals surface area contributed by atoms with E-state index in [0.717, 1.165) is 40.5 Å². The maximum Gasteiger partial charge on any atom is 0.352 e. The summed E-state index contributed by atoms with van der Waals surface area (Å²) in [4.78, 5) is 43.9. The lowest BCUT2D eigenvalue weighted by molar-refractivity contribution is -0.137. The van der Waals surface area contributed by atoms with Gasteiger partial charge in [-0.2, -0.15) is 4.98 Å². The highest BCUT2D eigenvalue weighted by Gasteiger charge is 2.20. The molecule has 0 fully saturated rings. The van der Waals surface area contributed by atoms with Gasteiger partial charge in [-0.3, -0.25) is 14.2 Å². The van der Waals surface area contributed by atoms with Crippen molar-refractivity contribution < 1.29 is 9.90 Å². The summed E-state index contributed by atoms with van der Waals surface area (Å²) < 4.78 is 2.86. The van der Waals surface area contributed by atoms with Crippen molar-refractivity contribution in [2.24, 2.45) is 7.05 Å². The molecule has 0 aromatic heterocycles. The topological polar surface area (TPSA) is 107 Å². The van der Waals surface area contributed by atoms with Crippen LogP contribution in [0.4, 0.5) is 0 Å². The van der Waals surface area contributed by atoms with Gasteiger partial charge < -0.3 is 9.67 Å². The summed E-state index contributed by atoms with van der Waals surface area (Å²) in [5.74, 6) is -0.483. The van der Waals surface area contributed by atoms with Gasteiger partial charge in [-0.15, -0.1) is 0 Å². The summed E-state index contributed by atoms with van der Waals surface area (Å²) in [6, 6.07) is 3.95. The summed E-state index contributed by atoms with van der Waals surface area (Å²) >= 11 is 0. The smallest absolute Gasteiger partial charge is 0.352 e. The maximum atomic E-state index is 12.6. The third-order valence-electron chi connectivity index (χ3n) is 5.10. The van der Waals surface area contributed by atoms with Gasteiger partial charge in [0.25, 0.3) is 5.56 Å². The number of aromatic nitrogens is 4. The molecule has 0 saturated carbocycles. The molecule has 2 aliphatic rings. The van der Waals surface area contributed by atoms with Crippen LogP contribution in [-0.4, -0.2) is 30.2 Å². The van der Waals surface area contributed by atoms with E-state index < -0.39 is 17.2 Å². The average molecular weight is 384 g/mol. The number of carbonyl (C=O) groups is 1. The van der Waals surface area contributed by atoms with Crippen LogP contribution in [0.3, 0.4) is 0 Å². The zero-order valence-electron chi connectivity index (χ0n) is 16.4. The van der Waals surface area contributed by atoms with Crippen molar-refractivity contribution in [2.45, 2.75) is 52.5 Å². The van der Waals surface area contributed by atoms with Gasteiger partial charge in [0.1, 0.15) is 0 Å². The van der Waals surface area contributed by atoms with Crippen molar-refractivity contribution in [3.63, 3.8) is 0 Å². The van der Waals surface area contributed by atoms with Crippen LogP contribution in [0.25, 0.3) is 22.6 Å². The largest absolute Gasteiger partial charge is 0.481 e. The minimum atomic E-state index is -0.783. The van der Waals surface area contributed by atoms with Gasteiger partial charge >= 0.3 is 11.7 Å². The third-order valence-corrected chi connectivity index (χ3v) is 5.10. The molecule has 0 saturated heterocycles. The highest BCUT2D eigenvalue weighted by atomic mass is 16.4. The fourth-order valence-electron chi connectivity index (χ4n) is 3.30. The number of carboxylic acid groups (broad SMARTS) is 1. The molecule has 1 N–H and O–H groups in total. The molecule has 0 amide bonds. The first-order valence-corrected chi connectivity index (χ1v) is 9.40. The van der Waals surface area contributed by atoms with Gasteiger partial charge in [0.15, 0.2) is 11.5 Å². The Morgan fingerprint density at radius 1 is 1.04 bits per heavy atom. The zero-order chi connectivity index (χ0) is 20.4. The molecule has 148 valence electrons. The normalized spacial score (nSPS) is 11.4. The molecular weight excluding hydrogens is 360 g/mol. The Morgan fingerprint density at radius 2 is 1.71 bits per heavy atom. The first kappa shape index (κ1) is 19.7. The second-order valence-electron chi connectivity index (χ2n) is 7.18. The Bertz CT molecular complexity index is 1130. The van der Waals surface area contributed by atoms with Crippen molar-refractivity contribution >= 4 is 17.0 Å². The first-order chi connectivity index (χ1) is 13.3. The van der Waals surface area contributed by atoms with E-state index in [9.17, 15) is 14.4 Å². The minimum Gasteiger partial charge on any atom is -0.481 e. The fraction of sp³-hybridized carbons (Fsp3) is 0.450. The van der Waals surface area contributed by atoms with Crippen molar-refractivity contribution in [3.8, 4) is 11.5 Å². The number of carboxylic acids is 1. The van der Waals surface area contributed by atoms with Crippen molar-refractivity contribution in [2.75, 3.05) is 0 Å². The highest BCUT2D eigenvalue weighted by Crippen LogP contribution is 2.24. The molecule has 2 aliphatic heterocycles. The summed E-state index contributed by atoms with van der Waals surface area (Å²) in [6.07, 6.45) is 3.26. The molecule has 1 aromatic carbocycles. The highest BCUT2D eigenvalue weighted by molar-refractivity contribution is 5.81. The number of rotatable bonds is 7. The molecule has 28 heavy (non-hydrogen) atoms. The molecule has 0 unspecified atom stereocenters. The van der Waals surface area contributed by atoms with Crippen LogP contribution in [0, 0.1) is 13.8 Å². The zero-order valence-corrected chi connectivity index (χ0v) is 16.4. The predicted octanol–water partition coefficient (Wildman–Crippen LogP) is 2.25. The molecule has 0 radical (unpaired) electrons. The summed E-state index contributed by atoms with van der Waals surface area (Å²) in [7, 11) is 1.40. The fourth-order valence-corrected chi connectivity index (χ4v) is 3.30. The standard InChI is InChI=1S/C20H24N4O4/c1-12-10-14-15(11-13(12)2)24(9-7-5-4-6-8-16(25)26)18-17(21-14)19(27)23(3)20(28)22-18/h10-11H,4-9H2,1-3H3,(H,25,26). The Morgan fingerprint density at radius 3 is 2.43 bits per heavy atom. The van der Waals surface area contributed by atoms with Gasteiger partial charge in [0.2, 0.25) is 0 Å². The SMILES string of the molecule is Cc1cc2nc3c(=O)n(C)c(=O)nc-3n(CCCCCCC(=O)O)c2cc1C. The Kier molecular flexibility index (Phi) is 5.58. The molecule has 0 spiro atoms. The quantitative estimate of drug-likeness (QED) is 0.494. The molecular formula is C20H24N4O4. The lowest BCUT2D eigenvalue weighted by atomic mass is 10.1. The van der Waals surface area contributed by atoms with E-state index in [-0.39, 0.29) is 12.1 Å². The molecule has 0 atom stereocenters. The minimum absolute atomic E-state index is 0.171. The van der Waals surface area contributed by atoms with Gasteiger partial charge in [-0.1, -0.05) is 12.8 Å². The number of hydrogen-bond acceptors (Lipinski definition) is 5. The number of nitrogens with zero attached hydrogens (tertiary/aromatic N) is 4. The monoisotopic (exact) mass is 384 g/mol. The lowest BCUT2D eigenvalue weighted by Crippen LogP contribution is -2.36. The van der Waals surface area contributed by atoms with Crippen LogP contribution in [0.15, 0.2) is 21.7 Å². The summed E-state index contributed by atoms with van der Waals surface area (Å²) in [5.41, 5.74) is 2.83. The Balaban J connectivity index is 2.04. The molecule has 3 rings (SSSR count). The van der Waals surface area contributed by atoms with E-state index >= 15 is 0 Å². The second-order valence-corrected chi connectivity index (χ2v) is 7.18. The number of fused-ring (bicyclic) bond motifs is 2. The number of unbranched alkanes of at least 4 members (excludes halogenated alkanes) is 3. The predicted molar refractivity (Wildman–Crippen MR) is 106 cm³/mol. The molecule has 2 heterocycles. The second kappa shape index (κ2) is 7.92. The molecule has 8 nitrogen and oxygen atoms in total. The van der Waals surface area contributed by atoms with Gasteiger partial charge in [0, 0.05) is 20.0 Å². The average Bonchev–Trinajstić information content (AvgIpc) is 2.64. The Labute approximate surface area is 161 Å². The maximum absolute atomic E-state index is 12.6. The van der Waals surface area contributed by atoms with Crippen LogP contribution >= 0.6 is 0 Å². The molecule has 0 aliphatic carbocycles. The number of aliphatic carboxylic acids is 1. The molecule has 1 aromatic rings. The number of hydrogen-bond donors (Lipinski definition) is 1. The van der Waals surface area contributed by atoms with Crippen molar-refractivity contribution in [3.05, 3.63) is 44.1 Å². The van der Waals surface area contributed by atoms with E-state index in [2.05, 4.69) is 9.97 Å². The van der Waals surface area contributed by atoms with E-state index in [0.29, 0.717) is 24.3 Å². The molecule has 8 heteroatoms. The van der Waals surface area contributed by atoms with Gasteiger partial charge in [-0.05, 0) is 49.9 Å². The van der Waals surface area contributed by atoms with Gasteiger partial charge in [0.05, 0.1) is 11.0 Å². The van der Waals surface area contributed by atoms with E-state index in [4.69, 9.17) is 5.11 Å². The van der Waals surface area contributed by atoms with Gasteiger partial charge in [-0.25, -0.2) is 9.78 Å². The first-order valence-electron chi connectivity index (χ1n) is 9.40. The number of benzene rings is 1. The van der Waals surface area contributed by atoms with Crippen LogP contribution < -0.4 is 11.2 Å². The van der Waals surface area contributed by atoms with Crippen molar-refractivity contribution in [1.29, 1.82) is 0 Å². The van der Waals surface area contributed by atoms with E-state index in [1.54, 1.807) is 0 Å². The lowest BCUT2D eigenvalue weighted by Gasteiger charge is -2.18. The Hall–Kier alpha value is -3.03. The van der Waals surface area contributed by atoms with Crippen LogP contribution in [0.2, 0.25) is 0 Å². The van der Waals surface area contributed by atoms with Crippen LogP contribution in [0.1, 0.15) is 43.2 Å². The van der Waals surface area contributed by atoms with Crippen molar-refractivity contribution in [1.82, 2.24) is 19.1 Å². The van der Waals surface area contributed by atoms with E-state index in [1.807, 2.05) is 30.5 Å². The third kappa shape index (κ3) is 3.81. The molecule has 0 bridgehead atoms. The van der Waals surface area contributed by atoms with Crippen LogP contribution in [0.5, 0.6) is 0 Å².